The summed E-state index contributed by atoms with van der Waals surface area (Å²) in [5.74, 6) is 0.280. The van der Waals surface area contributed by atoms with E-state index in [-0.39, 0.29) is 5.95 Å². The highest BCUT2D eigenvalue weighted by molar-refractivity contribution is 9.15. The molecule has 0 saturated carbocycles. The highest BCUT2D eigenvalue weighted by Crippen LogP contribution is 2.23. The van der Waals surface area contributed by atoms with Crippen molar-refractivity contribution >= 4 is 32.4 Å². The van der Waals surface area contributed by atoms with Gasteiger partial charge in [-0.3, -0.25) is 0 Å². The molecule has 0 spiro atoms. The summed E-state index contributed by atoms with van der Waals surface area (Å²) >= 11 is 3.51. The lowest BCUT2D eigenvalue weighted by Gasteiger charge is -1.99. The molecule has 4 heteroatoms. The van der Waals surface area contributed by atoms with Gasteiger partial charge in [0.05, 0.1) is 5.69 Å². The van der Waals surface area contributed by atoms with E-state index in [1.54, 1.807) is 12.3 Å². The number of benzene rings is 1. The summed E-state index contributed by atoms with van der Waals surface area (Å²) in [7, 11) is 0. The number of aromatic nitrogens is 2. The van der Waals surface area contributed by atoms with Crippen molar-refractivity contribution < 1.29 is 0 Å². The van der Waals surface area contributed by atoms with Crippen LogP contribution in [0.25, 0.3) is 10.6 Å². The lowest BCUT2D eigenvalue weighted by molar-refractivity contribution is 1.17. The number of anilines is 1. The predicted molar refractivity (Wildman–Crippen MR) is 69.7 cm³/mol. The molecule has 0 fully saturated rings. The number of nitrogens with two attached hydrogens (primary N) is 1. The van der Waals surface area contributed by atoms with Crippen LogP contribution in [-0.2, 0) is 0 Å². The minimum atomic E-state index is 0.280. The predicted octanol–water partition coefficient (Wildman–Crippen LogP) is 2.95. The van der Waals surface area contributed by atoms with E-state index in [9.17, 15) is 0 Å². The van der Waals surface area contributed by atoms with Gasteiger partial charge in [0.1, 0.15) is 0 Å². The normalized spacial score (nSPS) is 11.4. The van der Waals surface area contributed by atoms with Crippen LogP contribution in [0.3, 0.4) is 0 Å². The molecule has 80 valence electrons. The third-order valence-electron chi connectivity index (χ3n) is 2.02. The highest BCUT2D eigenvalue weighted by Gasteiger charge is 1.98. The Kier molecular flexibility index (Phi) is 3.31. The molecule has 0 amide bonds. The van der Waals surface area contributed by atoms with Gasteiger partial charge in [-0.25, -0.2) is 9.97 Å². The lowest BCUT2D eigenvalue weighted by atomic mass is 10.2. The topological polar surface area (TPSA) is 51.8 Å². The van der Waals surface area contributed by atoms with Gasteiger partial charge < -0.3 is 5.73 Å². The first-order chi connectivity index (χ1) is 7.75. The summed E-state index contributed by atoms with van der Waals surface area (Å²) in [6.07, 6.45) is 3.55. The Morgan fingerprint density at radius 1 is 1.19 bits per heavy atom. The second-order valence-corrected chi connectivity index (χ2v) is 4.05. The Bertz CT molecular complexity index is 509. The first kappa shape index (κ1) is 10.8. The maximum atomic E-state index is 5.51. The van der Waals surface area contributed by atoms with Gasteiger partial charge in [0, 0.05) is 10.7 Å². The zero-order chi connectivity index (χ0) is 11.4. The average Bonchev–Trinajstić information content (AvgIpc) is 2.30. The van der Waals surface area contributed by atoms with Crippen molar-refractivity contribution in [3.05, 3.63) is 53.9 Å². The van der Waals surface area contributed by atoms with Crippen molar-refractivity contribution in [1.82, 2.24) is 9.97 Å². The van der Waals surface area contributed by atoms with Gasteiger partial charge in [0.15, 0.2) is 0 Å². The van der Waals surface area contributed by atoms with Crippen molar-refractivity contribution in [3.63, 3.8) is 0 Å². The number of hydrogen-bond donors (Lipinski definition) is 1. The number of nitrogens with zero attached hydrogens (tertiary/aromatic N) is 2. The number of rotatable bonds is 2. The standard InChI is InChI=1S/C12H10BrN3/c13-11(9-4-2-1-3-5-9)8-10-6-7-15-12(14)16-10/h1-8H,(H2,14,15,16)/b11-8+. The molecule has 0 radical (unpaired) electrons. The summed E-state index contributed by atoms with van der Waals surface area (Å²) in [4.78, 5) is 7.94. The number of hydrogen-bond acceptors (Lipinski definition) is 3. The Morgan fingerprint density at radius 2 is 1.94 bits per heavy atom. The van der Waals surface area contributed by atoms with Crippen LogP contribution in [0.5, 0.6) is 0 Å². The fourth-order valence-corrected chi connectivity index (χ4v) is 1.78. The summed E-state index contributed by atoms with van der Waals surface area (Å²) in [6, 6.07) is 11.8. The zero-order valence-corrected chi connectivity index (χ0v) is 10.1. The molecule has 2 aromatic rings. The fourth-order valence-electron chi connectivity index (χ4n) is 1.28. The van der Waals surface area contributed by atoms with E-state index in [0.29, 0.717) is 0 Å². The molecule has 0 bridgehead atoms. The summed E-state index contributed by atoms with van der Waals surface area (Å²) in [5, 5.41) is 0. The van der Waals surface area contributed by atoms with Crippen LogP contribution in [-0.4, -0.2) is 9.97 Å². The van der Waals surface area contributed by atoms with Crippen molar-refractivity contribution in [2.45, 2.75) is 0 Å². The van der Waals surface area contributed by atoms with E-state index in [0.717, 1.165) is 15.7 Å². The Morgan fingerprint density at radius 3 is 2.62 bits per heavy atom. The molecule has 3 nitrogen and oxygen atoms in total. The molecule has 0 aliphatic heterocycles. The van der Waals surface area contributed by atoms with Crippen LogP contribution in [0, 0.1) is 0 Å². The summed E-state index contributed by atoms with van der Waals surface area (Å²) < 4.78 is 0.964. The Balaban J connectivity index is 2.32. The minimum Gasteiger partial charge on any atom is -0.368 e. The van der Waals surface area contributed by atoms with Gasteiger partial charge in [-0.05, 0) is 17.7 Å². The second-order valence-electron chi connectivity index (χ2n) is 3.20. The SMILES string of the molecule is Nc1nccc(/C=C(/Br)c2ccccc2)n1. The molecule has 1 aromatic heterocycles. The smallest absolute Gasteiger partial charge is 0.220 e. The van der Waals surface area contributed by atoms with Crippen LogP contribution in [0.1, 0.15) is 11.3 Å². The van der Waals surface area contributed by atoms with Gasteiger partial charge >= 0.3 is 0 Å². The molecule has 2 rings (SSSR count). The van der Waals surface area contributed by atoms with Gasteiger partial charge in [-0.15, -0.1) is 0 Å². The molecule has 2 N–H and O–H groups in total. The van der Waals surface area contributed by atoms with Crippen LogP contribution in [0.2, 0.25) is 0 Å². The molecule has 0 aliphatic rings. The van der Waals surface area contributed by atoms with Crippen molar-refractivity contribution in [1.29, 1.82) is 0 Å². The van der Waals surface area contributed by atoms with E-state index >= 15 is 0 Å². The van der Waals surface area contributed by atoms with Crippen molar-refractivity contribution in [2.24, 2.45) is 0 Å². The summed E-state index contributed by atoms with van der Waals surface area (Å²) in [5.41, 5.74) is 7.38. The van der Waals surface area contributed by atoms with Crippen molar-refractivity contribution in [2.75, 3.05) is 5.73 Å². The van der Waals surface area contributed by atoms with Gasteiger partial charge in [-0.2, -0.15) is 0 Å². The van der Waals surface area contributed by atoms with Crippen LogP contribution >= 0.6 is 15.9 Å². The Labute approximate surface area is 102 Å². The first-order valence-electron chi connectivity index (χ1n) is 4.77. The van der Waals surface area contributed by atoms with Gasteiger partial charge in [0.25, 0.3) is 0 Å². The summed E-state index contributed by atoms with van der Waals surface area (Å²) in [6.45, 7) is 0. The largest absolute Gasteiger partial charge is 0.368 e. The minimum absolute atomic E-state index is 0.280. The molecule has 0 atom stereocenters. The maximum Gasteiger partial charge on any atom is 0.220 e. The fraction of sp³-hybridized carbons (Fsp3) is 0. The van der Waals surface area contributed by atoms with Crippen LogP contribution < -0.4 is 5.73 Å². The molecule has 1 aromatic carbocycles. The molecular formula is C12H10BrN3. The zero-order valence-electron chi connectivity index (χ0n) is 8.47. The molecule has 1 heterocycles. The molecular weight excluding hydrogens is 266 g/mol. The van der Waals surface area contributed by atoms with E-state index in [1.807, 2.05) is 36.4 Å². The molecule has 0 aliphatic carbocycles. The third kappa shape index (κ3) is 2.67. The van der Waals surface area contributed by atoms with E-state index in [1.165, 1.54) is 0 Å². The number of halogens is 1. The molecule has 0 unspecified atom stereocenters. The third-order valence-corrected chi connectivity index (χ3v) is 2.71. The first-order valence-corrected chi connectivity index (χ1v) is 5.56. The lowest BCUT2D eigenvalue weighted by Crippen LogP contribution is -1.94. The van der Waals surface area contributed by atoms with Gasteiger partial charge in [-0.1, -0.05) is 46.3 Å². The van der Waals surface area contributed by atoms with E-state index in [2.05, 4.69) is 25.9 Å². The number of nitrogen functional groups attached to an aromatic ring is 1. The second kappa shape index (κ2) is 4.90. The van der Waals surface area contributed by atoms with E-state index in [4.69, 9.17) is 5.73 Å². The van der Waals surface area contributed by atoms with Crippen LogP contribution in [0.15, 0.2) is 42.6 Å². The quantitative estimate of drug-likeness (QED) is 0.917. The maximum absolute atomic E-state index is 5.51. The molecule has 16 heavy (non-hydrogen) atoms. The van der Waals surface area contributed by atoms with Crippen molar-refractivity contribution in [3.8, 4) is 0 Å². The highest BCUT2D eigenvalue weighted by atomic mass is 79.9. The van der Waals surface area contributed by atoms with E-state index < -0.39 is 0 Å². The molecule has 0 saturated heterocycles. The van der Waals surface area contributed by atoms with Crippen LogP contribution in [0.4, 0.5) is 5.95 Å². The van der Waals surface area contributed by atoms with Gasteiger partial charge in [0.2, 0.25) is 5.95 Å². The Hall–Kier alpha value is -1.68. The monoisotopic (exact) mass is 275 g/mol. The average molecular weight is 276 g/mol.